The maximum Gasteiger partial charge on any atom is 0.255 e. The molecule has 2 aliphatic carbocycles. The minimum absolute atomic E-state index is 0.0278. The fraction of sp³-hybridized carbons (Fsp3) is 0.458. The summed E-state index contributed by atoms with van der Waals surface area (Å²) in [6.45, 7) is 1.36. The maximum absolute atomic E-state index is 13.6. The molecule has 36 heavy (non-hydrogen) atoms. The Bertz CT molecular complexity index is 1270. The molecule has 0 aliphatic heterocycles. The predicted octanol–water partition coefficient (Wildman–Crippen LogP) is 3.44. The standard InChI is InChI=1S/C24H25ClF3NO6S/c1-11(30)22(31)24(33)13-3-4-14(24)8-16(7-13)36(34,35)20-6-12(2-5-17(20)25)23(32)29-15-9-18(26)21(28)19(27)10-15/h2,5-6,9-11,13-14,16,22,30-31,33H,3-4,7-8H2,1H3,(H,29,32)/t11-,13-,14+,16-,22+,24-/m1/s1. The number of benzene rings is 2. The molecule has 1 amide bonds. The van der Waals surface area contributed by atoms with E-state index in [1.54, 1.807) is 0 Å². The first-order valence-electron chi connectivity index (χ1n) is 11.3. The highest BCUT2D eigenvalue weighted by atomic mass is 35.5. The van der Waals surface area contributed by atoms with Crippen molar-refractivity contribution in [2.24, 2.45) is 11.8 Å². The molecule has 2 aliphatic rings. The Balaban J connectivity index is 1.59. The van der Waals surface area contributed by atoms with Gasteiger partial charge >= 0.3 is 0 Å². The number of rotatable bonds is 6. The number of aliphatic hydroxyl groups excluding tert-OH is 2. The highest BCUT2D eigenvalue weighted by molar-refractivity contribution is 7.92. The number of aliphatic hydroxyl groups is 3. The van der Waals surface area contributed by atoms with Crippen LogP contribution in [-0.2, 0) is 9.84 Å². The van der Waals surface area contributed by atoms with Crippen LogP contribution in [0.25, 0.3) is 0 Å². The molecule has 0 unspecified atom stereocenters. The Hall–Kier alpha value is -2.18. The summed E-state index contributed by atoms with van der Waals surface area (Å²) in [6.07, 6.45) is -1.59. The van der Waals surface area contributed by atoms with Crippen LogP contribution in [0.5, 0.6) is 0 Å². The number of carbonyl (C=O) groups excluding carboxylic acids is 1. The van der Waals surface area contributed by atoms with Gasteiger partial charge in [-0.15, -0.1) is 0 Å². The molecular formula is C24H25ClF3NO6S. The first kappa shape index (κ1) is 26.9. The quantitative estimate of drug-likeness (QED) is 0.411. The van der Waals surface area contributed by atoms with Gasteiger partial charge in [0, 0.05) is 23.4 Å². The number of hydrogen-bond donors (Lipinski definition) is 4. The van der Waals surface area contributed by atoms with Crippen molar-refractivity contribution in [3.05, 3.63) is 58.4 Å². The van der Waals surface area contributed by atoms with Crippen LogP contribution < -0.4 is 5.32 Å². The van der Waals surface area contributed by atoms with E-state index < -0.39 is 68.1 Å². The lowest BCUT2D eigenvalue weighted by Gasteiger charge is -2.46. The van der Waals surface area contributed by atoms with Gasteiger partial charge in [-0.1, -0.05) is 11.6 Å². The predicted molar refractivity (Wildman–Crippen MR) is 125 cm³/mol. The Labute approximate surface area is 210 Å². The highest BCUT2D eigenvalue weighted by Crippen LogP contribution is 2.54. The van der Waals surface area contributed by atoms with Crippen LogP contribution in [-0.4, -0.2) is 52.7 Å². The molecule has 0 radical (unpaired) electrons. The second-order valence-corrected chi connectivity index (χ2v) is 12.1. The fourth-order valence-electron chi connectivity index (χ4n) is 5.54. The third kappa shape index (κ3) is 4.51. The molecule has 0 saturated heterocycles. The van der Waals surface area contributed by atoms with Gasteiger partial charge in [0.25, 0.3) is 5.91 Å². The van der Waals surface area contributed by atoms with Crippen LogP contribution >= 0.6 is 11.6 Å². The van der Waals surface area contributed by atoms with Crippen molar-refractivity contribution in [1.82, 2.24) is 0 Å². The van der Waals surface area contributed by atoms with E-state index in [2.05, 4.69) is 5.32 Å². The Kier molecular flexibility index (Phi) is 7.17. The van der Waals surface area contributed by atoms with Gasteiger partial charge < -0.3 is 20.6 Å². The molecule has 0 aromatic heterocycles. The number of sulfone groups is 1. The highest BCUT2D eigenvalue weighted by Gasteiger charge is 2.59. The van der Waals surface area contributed by atoms with Crippen LogP contribution in [0.4, 0.5) is 18.9 Å². The average Bonchev–Trinajstić information content (AvgIpc) is 2.98. The molecule has 2 fully saturated rings. The number of carbonyl (C=O) groups is 1. The number of nitrogens with one attached hydrogen (secondary N) is 1. The van der Waals surface area contributed by atoms with E-state index in [1.807, 2.05) is 0 Å². The molecule has 2 aromatic rings. The van der Waals surface area contributed by atoms with Gasteiger partial charge in [-0.25, -0.2) is 21.6 Å². The second kappa shape index (κ2) is 9.60. The lowest BCUT2D eigenvalue weighted by atomic mass is 9.70. The SMILES string of the molecule is C[C@@H](O)[C@H](O)[C@@]1(O)[C@@H]2CC[C@H]1C[C@H](S(=O)(=O)c1cc(C(=O)Nc3cc(F)c(F)c(F)c3)ccc1Cl)C2. The summed E-state index contributed by atoms with van der Waals surface area (Å²) in [4.78, 5) is 12.3. The van der Waals surface area contributed by atoms with Gasteiger partial charge in [0.15, 0.2) is 27.3 Å². The monoisotopic (exact) mass is 547 g/mol. The van der Waals surface area contributed by atoms with Crippen molar-refractivity contribution in [3.8, 4) is 0 Å². The number of halogens is 4. The molecular weight excluding hydrogens is 523 g/mol. The van der Waals surface area contributed by atoms with Crippen molar-refractivity contribution in [1.29, 1.82) is 0 Å². The molecule has 2 aromatic carbocycles. The van der Waals surface area contributed by atoms with Crippen LogP contribution in [0.1, 0.15) is 43.0 Å². The van der Waals surface area contributed by atoms with E-state index in [-0.39, 0.29) is 34.0 Å². The third-order valence-electron chi connectivity index (χ3n) is 7.38. The maximum atomic E-state index is 13.6. The second-order valence-electron chi connectivity index (χ2n) is 9.54. The third-order valence-corrected chi connectivity index (χ3v) is 10.0. The average molecular weight is 548 g/mol. The number of hydrogen-bond acceptors (Lipinski definition) is 6. The molecule has 4 rings (SSSR count). The van der Waals surface area contributed by atoms with Gasteiger partial charge in [0.2, 0.25) is 0 Å². The molecule has 0 heterocycles. The van der Waals surface area contributed by atoms with Crippen molar-refractivity contribution >= 4 is 33.0 Å². The summed E-state index contributed by atoms with van der Waals surface area (Å²) in [6, 6.07) is 4.67. The number of anilines is 1. The van der Waals surface area contributed by atoms with E-state index in [1.165, 1.54) is 19.1 Å². The van der Waals surface area contributed by atoms with Crippen molar-refractivity contribution < 1.29 is 41.7 Å². The largest absolute Gasteiger partial charge is 0.391 e. The smallest absolute Gasteiger partial charge is 0.255 e. The van der Waals surface area contributed by atoms with Crippen molar-refractivity contribution in [2.75, 3.05) is 5.32 Å². The van der Waals surface area contributed by atoms with E-state index >= 15 is 0 Å². The van der Waals surface area contributed by atoms with E-state index in [9.17, 15) is 41.7 Å². The fourth-order valence-corrected chi connectivity index (χ4v) is 7.94. The summed E-state index contributed by atoms with van der Waals surface area (Å²) in [5.41, 5.74) is -2.13. The van der Waals surface area contributed by atoms with Gasteiger partial charge in [0.05, 0.1) is 26.9 Å². The van der Waals surface area contributed by atoms with Gasteiger partial charge in [0.1, 0.15) is 6.10 Å². The van der Waals surface area contributed by atoms with E-state index in [0.29, 0.717) is 25.0 Å². The minimum Gasteiger partial charge on any atom is -0.391 e. The molecule has 6 atom stereocenters. The summed E-state index contributed by atoms with van der Waals surface area (Å²) in [5.74, 6) is -6.72. The molecule has 196 valence electrons. The Morgan fingerprint density at radius 2 is 1.64 bits per heavy atom. The number of fused-ring (bicyclic) bond motifs is 2. The summed E-state index contributed by atoms with van der Waals surface area (Å²) in [7, 11) is -4.10. The molecule has 7 nitrogen and oxygen atoms in total. The molecule has 0 spiro atoms. The van der Waals surface area contributed by atoms with Crippen LogP contribution in [0.2, 0.25) is 5.02 Å². The number of amides is 1. The van der Waals surface area contributed by atoms with Crippen molar-refractivity contribution in [2.45, 2.75) is 60.6 Å². The topological polar surface area (TPSA) is 124 Å². The normalized spacial score (nSPS) is 27.5. The van der Waals surface area contributed by atoms with Gasteiger partial charge in [-0.05, 0) is 62.6 Å². The van der Waals surface area contributed by atoms with Crippen LogP contribution in [0.3, 0.4) is 0 Å². The van der Waals surface area contributed by atoms with E-state index in [0.717, 1.165) is 6.07 Å². The summed E-state index contributed by atoms with van der Waals surface area (Å²) in [5, 5.41) is 32.5. The van der Waals surface area contributed by atoms with E-state index in [4.69, 9.17) is 11.6 Å². The summed E-state index contributed by atoms with van der Waals surface area (Å²) >= 11 is 6.19. The molecule has 2 saturated carbocycles. The lowest BCUT2D eigenvalue weighted by molar-refractivity contribution is -0.172. The van der Waals surface area contributed by atoms with Gasteiger partial charge in [-0.3, -0.25) is 4.79 Å². The minimum atomic E-state index is -4.10. The van der Waals surface area contributed by atoms with Crippen LogP contribution in [0.15, 0.2) is 35.2 Å². The molecule has 4 N–H and O–H groups in total. The zero-order chi connectivity index (χ0) is 26.6. The zero-order valence-corrected chi connectivity index (χ0v) is 20.7. The zero-order valence-electron chi connectivity index (χ0n) is 19.1. The first-order valence-corrected chi connectivity index (χ1v) is 13.3. The summed E-state index contributed by atoms with van der Waals surface area (Å²) < 4.78 is 67.2. The lowest BCUT2D eigenvalue weighted by Crippen LogP contribution is -2.58. The Morgan fingerprint density at radius 1 is 1.08 bits per heavy atom. The van der Waals surface area contributed by atoms with Crippen molar-refractivity contribution in [3.63, 3.8) is 0 Å². The molecule has 12 heteroatoms. The van der Waals surface area contributed by atoms with Gasteiger partial charge in [-0.2, -0.15) is 0 Å². The molecule has 2 bridgehead atoms. The van der Waals surface area contributed by atoms with Crippen LogP contribution in [0, 0.1) is 29.3 Å². The first-order chi connectivity index (χ1) is 16.8. The Morgan fingerprint density at radius 3 is 2.17 bits per heavy atom.